The topological polar surface area (TPSA) is 84.1 Å². The molecule has 1 amide bonds. The smallest absolute Gasteiger partial charge is 0.255 e. The zero-order chi connectivity index (χ0) is 27.7. The number of hydrogen-bond donors (Lipinski definition) is 1. The van der Waals surface area contributed by atoms with Gasteiger partial charge in [0.25, 0.3) is 5.91 Å². The molecule has 0 spiro atoms. The summed E-state index contributed by atoms with van der Waals surface area (Å²) in [5.41, 5.74) is 8.97. The Bertz CT molecular complexity index is 2100. The summed E-state index contributed by atoms with van der Waals surface area (Å²) >= 11 is 0. The van der Waals surface area contributed by atoms with Crippen LogP contribution in [0.15, 0.2) is 60.9 Å². The number of amides is 1. The quantitative estimate of drug-likeness (QED) is 0.280. The molecular formula is C34H31N7O. The van der Waals surface area contributed by atoms with E-state index in [4.69, 9.17) is 10.1 Å². The number of rotatable bonds is 5. The molecule has 0 radical (unpaired) electrons. The Kier molecular flexibility index (Phi) is 4.46. The fourth-order valence-corrected chi connectivity index (χ4v) is 8.23. The molecule has 3 unspecified atom stereocenters. The van der Waals surface area contributed by atoms with Gasteiger partial charge in [0.2, 0.25) is 0 Å². The van der Waals surface area contributed by atoms with Crippen molar-refractivity contribution in [3.8, 4) is 22.6 Å². The monoisotopic (exact) mass is 553 g/mol. The fraction of sp³-hybridized carbons (Fsp3) is 0.353. The number of aryl methyl sites for hydroxylation is 1. The SMILES string of the molecule is Cc1c(-c2cc3ccc(-c4ccc5cn[nH]c5c4)nc3n2CC2CC2)nn2cc(C(=O)N3CC4CC5CC3[C@H]54)ccc12. The van der Waals surface area contributed by atoms with Crippen molar-refractivity contribution in [2.45, 2.75) is 45.2 Å². The second-order valence-corrected chi connectivity index (χ2v) is 13.2. The molecule has 208 valence electrons. The number of nitrogens with zero attached hydrogens (tertiary/aromatic N) is 6. The molecule has 6 heterocycles. The van der Waals surface area contributed by atoms with Gasteiger partial charge in [0.15, 0.2) is 0 Å². The van der Waals surface area contributed by atoms with Crippen LogP contribution in [0, 0.1) is 30.6 Å². The number of carbonyl (C=O) groups is 1. The van der Waals surface area contributed by atoms with E-state index in [0.29, 0.717) is 12.0 Å². The molecule has 6 aromatic rings. The highest BCUT2D eigenvalue weighted by Crippen LogP contribution is 2.60. The maximum absolute atomic E-state index is 13.6. The Balaban J connectivity index is 1.06. The van der Waals surface area contributed by atoms with Gasteiger partial charge in [-0.25, -0.2) is 9.50 Å². The van der Waals surface area contributed by atoms with Crippen molar-refractivity contribution in [1.29, 1.82) is 0 Å². The van der Waals surface area contributed by atoms with Gasteiger partial charge in [0.1, 0.15) is 11.3 Å². The van der Waals surface area contributed by atoms with Crippen LogP contribution in [0.5, 0.6) is 0 Å². The number of likely N-dealkylation sites (tertiary alicyclic amines) is 1. The largest absolute Gasteiger partial charge is 0.335 e. The average molecular weight is 554 g/mol. The third-order valence-corrected chi connectivity index (χ3v) is 10.8. The van der Waals surface area contributed by atoms with Crippen LogP contribution in [0.3, 0.4) is 0 Å². The molecule has 3 saturated carbocycles. The molecule has 0 bridgehead atoms. The number of carbonyl (C=O) groups excluding carboxylic acids is 1. The lowest BCUT2D eigenvalue weighted by molar-refractivity contribution is -0.0204. The van der Waals surface area contributed by atoms with Gasteiger partial charge in [-0.2, -0.15) is 10.2 Å². The molecule has 1 N–H and O–H groups in total. The zero-order valence-electron chi connectivity index (χ0n) is 23.5. The number of aromatic nitrogens is 6. The first kappa shape index (κ1) is 23.1. The average Bonchev–Trinajstić information content (AvgIpc) is 3.42. The number of H-pyrrole nitrogens is 1. The third-order valence-electron chi connectivity index (χ3n) is 10.8. The molecule has 10 rings (SSSR count). The highest BCUT2D eigenvalue weighted by molar-refractivity contribution is 5.95. The van der Waals surface area contributed by atoms with Crippen molar-refractivity contribution in [1.82, 2.24) is 34.3 Å². The lowest BCUT2D eigenvalue weighted by atomic mass is 9.53. The Morgan fingerprint density at radius 1 is 1.02 bits per heavy atom. The number of aromatic amines is 1. The van der Waals surface area contributed by atoms with Crippen LogP contribution >= 0.6 is 0 Å². The van der Waals surface area contributed by atoms with E-state index in [1.54, 1.807) is 0 Å². The molecule has 1 saturated heterocycles. The van der Waals surface area contributed by atoms with E-state index in [1.807, 2.05) is 23.0 Å². The van der Waals surface area contributed by atoms with Gasteiger partial charge >= 0.3 is 0 Å². The van der Waals surface area contributed by atoms with Crippen LogP contribution in [0.1, 0.15) is 41.6 Å². The summed E-state index contributed by atoms with van der Waals surface area (Å²) in [6.07, 6.45) is 8.81. The third kappa shape index (κ3) is 3.18. The maximum Gasteiger partial charge on any atom is 0.255 e. The predicted molar refractivity (Wildman–Crippen MR) is 161 cm³/mol. The van der Waals surface area contributed by atoms with E-state index in [1.165, 1.54) is 25.7 Å². The summed E-state index contributed by atoms with van der Waals surface area (Å²) in [6, 6.07) is 17.4. The standard InChI is InChI=1S/C34H31N7O/c1-18-28-9-7-23(34(42)40-16-25-10-24-13-29(40)31(24)25)17-41(28)38-32(18)30-12-21-6-8-26(36-33(21)39(30)15-19-2-3-19)20-4-5-22-14-35-37-27(22)11-20/h4-9,11-12,14,17,19,24-25,29,31H,2-3,10,13,15-16H2,1H3,(H,35,37)/t24?,25?,29?,31-/m1/s1. The summed E-state index contributed by atoms with van der Waals surface area (Å²) in [4.78, 5) is 20.9. The van der Waals surface area contributed by atoms with Crippen LogP contribution in [-0.2, 0) is 6.54 Å². The first-order valence-electron chi connectivity index (χ1n) is 15.3. The van der Waals surface area contributed by atoms with Crippen LogP contribution in [0.25, 0.3) is 50.1 Å². The number of benzene rings is 1. The van der Waals surface area contributed by atoms with Gasteiger partial charge in [-0.3, -0.25) is 9.89 Å². The van der Waals surface area contributed by atoms with Crippen molar-refractivity contribution in [2.24, 2.45) is 23.7 Å². The van der Waals surface area contributed by atoms with Gasteiger partial charge in [-0.05, 0) is 92.7 Å². The van der Waals surface area contributed by atoms with Crippen LogP contribution in [-0.4, -0.2) is 52.8 Å². The molecular weight excluding hydrogens is 522 g/mol. The van der Waals surface area contributed by atoms with Gasteiger partial charge < -0.3 is 9.47 Å². The lowest BCUT2D eigenvalue weighted by Gasteiger charge is -2.52. The first-order valence-corrected chi connectivity index (χ1v) is 15.3. The van der Waals surface area contributed by atoms with E-state index in [0.717, 1.165) is 92.1 Å². The maximum atomic E-state index is 13.6. The molecule has 5 aromatic heterocycles. The van der Waals surface area contributed by atoms with E-state index in [9.17, 15) is 4.79 Å². The molecule has 1 aromatic carbocycles. The second-order valence-electron chi connectivity index (χ2n) is 13.2. The van der Waals surface area contributed by atoms with Gasteiger partial charge in [0.05, 0.1) is 34.2 Å². The summed E-state index contributed by atoms with van der Waals surface area (Å²) in [5, 5.41) is 14.6. The molecule has 4 fully saturated rings. The van der Waals surface area contributed by atoms with Crippen LogP contribution < -0.4 is 0 Å². The van der Waals surface area contributed by atoms with Crippen molar-refractivity contribution in [3.05, 3.63) is 72.1 Å². The van der Waals surface area contributed by atoms with E-state index < -0.39 is 0 Å². The molecule has 8 heteroatoms. The second kappa shape index (κ2) is 8.09. The minimum absolute atomic E-state index is 0.164. The Morgan fingerprint density at radius 3 is 2.79 bits per heavy atom. The van der Waals surface area contributed by atoms with E-state index >= 15 is 0 Å². The highest BCUT2D eigenvalue weighted by Gasteiger charge is 2.61. The minimum Gasteiger partial charge on any atom is -0.335 e. The fourth-order valence-electron chi connectivity index (χ4n) is 8.23. The van der Waals surface area contributed by atoms with Gasteiger partial charge in [-0.15, -0.1) is 0 Å². The number of nitrogens with one attached hydrogen (secondary N) is 1. The van der Waals surface area contributed by atoms with Crippen LogP contribution in [0.2, 0.25) is 0 Å². The minimum atomic E-state index is 0.164. The van der Waals surface area contributed by atoms with Gasteiger partial charge in [-0.1, -0.05) is 12.1 Å². The number of pyridine rings is 2. The molecule has 4 aliphatic rings. The summed E-state index contributed by atoms with van der Waals surface area (Å²) in [6.45, 7) is 4.01. The van der Waals surface area contributed by atoms with E-state index in [-0.39, 0.29) is 5.91 Å². The molecule has 1 aliphatic heterocycles. The van der Waals surface area contributed by atoms with Crippen molar-refractivity contribution >= 4 is 33.4 Å². The van der Waals surface area contributed by atoms with E-state index in [2.05, 4.69) is 69.1 Å². The highest BCUT2D eigenvalue weighted by atomic mass is 16.2. The summed E-state index contributed by atoms with van der Waals surface area (Å²) < 4.78 is 4.29. The lowest BCUT2D eigenvalue weighted by Crippen LogP contribution is -2.53. The molecule has 8 nitrogen and oxygen atoms in total. The summed E-state index contributed by atoms with van der Waals surface area (Å²) in [5.74, 6) is 3.22. The Hall–Kier alpha value is -4.46. The van der Waals surface area contributed by atoms with Crippen molar-refractivity contribution in [2.75, 3.05) is 6.54 Å². The predicted octanol–water partition coefficient (Wildman–Crippen LogP) is 6.09. The summed E-state index contributed by atoms with van der Waals surface area (Å²) in [7, 11) is 0. The van der Waals surface area contributed by atoms with Crippen molar-refractivity contribution < 1.29 is 4.79 Å². The number of fused-ring (bicyclic) bond motifs is 3. The molecule has 42 heavy (non-hydrogen) atoms. The normalized spacial score (nSPS) is 24.4. The Labute approximate surface area is 242 Å². The Morgan fingerprint density at radius 2 is 1.93 bits per heavy atom. The van der Waals surface area contributed by atoms with Crippen molar-refractivity contribution in [3.63, 3.8) is 0 Å². The van der Waals surface area contributed by atoms with Gasteiger partial charge in [0, 0.05) is 47.2 Å². The number of hydrogen-bond acceptors (Lipinski definition) is 4. The van der Waals surface area contributed by atoms with Crippen LogP contribution in [0.4, 0.5) is 0 Å². The molecule has 3 aliphatic carbocycles. The zero-order valence-corrected chi connectivity index (χ0v) is 23.5. The molecule has 4 atom stereocenters. The first-order chi connectivity index (χ1) is 20.6.